The van der Waals surface area contributed by atoms with Crippen LogP contribution in [0.25, 0.3) is 11.0 Å². The third-order valence-electron chi connectivity index (χ3n) is 6.46. The van der Waals surface area contributed by atoms with Crippen LogP contribution in [0.2, 0.25) is 0 Å². The number of rotatable bonds is 5. The maximum Gasteiger partial charge on any atom is 0.418 e. The summed E-state index contributed by atoms with van der Waals surface area (Å²) in [5.74, 6) is -3.60. The third-order valence-corrected chi connectivity index (χ3v) is 6.46. The van der Waals surface area contributed by atoms with E-state index in [9.17, 15) is 18.0 Å². The Bertz CT molecular complexity index is 1300. The van der Waals surface area contributed by atoms with Gasteiger partial charge in [-0.3, -0.25) is 9.69 Å². The highest BCUT2D eigenvalue weighted by Gasteiger charge is 2.33. The summed E-state index contributed by atoms with van der Waals surface area (Å²) in [4.78, 5) is 37.1. The van der Waals surface area contributed by atoms with Crippen molar-refractivity contribution in [2.45, 2.75) is 39.4 Å². The first-order valence-corrected chi connectivity index (χ1v) is 11.9. The molecule has 2 aromatic carbocycles. The lowest BCUT2D eigenvalue weighted by Crippen LogP contribution is -2.40. The van der Waals surface area contributed by atoms with E-state index in [1.54, 1.807) is 0 Å². The Kier molecular flexibility index (Phi) is 9.10. The highest BCUT2D eigenvalue weighted by atomic mass is 19.4. The molecule has 0 aliphatic carbocycles. The summed E-state index contributed by atoms with van der Waals surface area (Å²) in [6.07, 6.45) is -0.758. The topological polar surface area (TPSA) is 125 Å². The maximum absolute atomic E-state index is 13.1. The predicted molar refractivity (Wildman–Crippen MR) is 134 cm³/mol. The Morgan fingerprint density at radius 2 is 1.63 bits per heavy atom. The number of para-hydroxylation sites is 1. The van der Waals surface area contributed by atoms with Gasteiger partial charge < -0.3 is 20.1 Å². The number of carbonyl (C=O) groups is 3. The molecule has 38 heavy (non-hydrogen) atoms. The number of benzene rings is 2. The van der Waals surface area contributed by atoms with E-state index >= 15 is 0 Å². The second kappa shape index (κ2) is 12.1. The molecular formula is C26H29F3N4O5. The summed E-state index contributed by atoms with van der Waals surface area (Å²) in [7, 11) is 0. The lowest BCUT2D eigenvalue weighted by Gasteiger charge is -2.31. The SMILES string of the molecule is Cc1cc2ncn(CC3CCN(CC(=O)Nc4ccccc4C(F)(F)F)CC3)c2cc1C.O=C(O)C(=O)O. The minimum Gasteiger partial charge on any atom is -0.473 e. The Labute approximate surface area is 216 Å². The largest absolute Gasteiger partial charge is 0.473 e. The molecule has 2 heterocycles. The number of halogens is 3. The first kappa shape index (κ1) is 28.6. The molecule has 1 aromatic heterocycles. The van der Waals surface area contributed by atoms with Crippen LogP contribution in [0, 0.1) is 19.8 Å². The van der Waals surface area contributed by atoms with Crippen LogP contribution in [-0.4, -0.2) is 62.1 Å². The molecular weight excluding hydrogens is 505 g/mol. The van der Waals surface area contributed by atoms with E-state index in [0.29, 0.717) is 5.92 Å². The normalized spacial score (nSPS) is 14.6. The fourth-order valence-electron chi connectivity index (χ4n) is 4.30. The van der Waals surface area contributed by atoms with E-state index in [0.717, 1.165) is 49.6 Å². The second-order valence-corrected chi connectivity index (χ2v) is 9.24. The molecule has 1 amide bonds. The number of piperidine rings is 1. The molecule has 4 rings (SSSR count). The van der Waals surface area contributed by atoms with Crippen molar-refractivity contribution in [1.29, 1.82) is 0 Å². The van der Waals surface area contributed by atoms with Gasteiger partial charge in [0, 0.05) is 6.54 Å². The molecule has 0 atom stereocenters. The van der Waals surface area contributed by atoms with Gasteiger partial charge in [0.25, 0.3) is 0 Å². The van der Waals surface area contributed by atoms with Gasteiger partial charge >= 0.3 is 18.1 Å². The number of imidazole rings is 1. The van der Waals surface area contributed by atoms with Crippen molar-refractivity contribution >= 4 is 34.6 Å². The third kappa shape index (κ3) is 7.54. The number of nitrogens with zero attached hydrogens (tertiary/aromatic N) is 3. The molecule has 204 valence electrons. The highest BCUT2D eigenvalue weighted by Crippen LogP contribution is 2.34. The lowest BCUT2D eigenvalue weighted by atomic mass is 9.96. The number of hydrogen-bond donors (Lipinski definition) is 3. The predicted octanol–water partition coefficient (Wildman–Crippen LogP) is 4.18. The van der Waals surface area contributed by atoms with E-state index in [1.165, 1.54) is 29.3 Å². The quantitative estimate of drug-likeness (QED) is 0.420. The molecule has 3 aromatic rings. The Hall–Kier alpha value is -3.93. The van der Waals surface area contributed by atoms with Gasteiger partial charge in [-0.1, -0.05) is 12.1 Å². The van der Waals surface area contributed by atoms with Crippen LogP contribution >= 0.6 is 0 Å². The van der Waals surface area contributed by atoms with Crippen molar-refractivity contribution in [3.05, 3.63) is 59.4 Å². The van der Waals surface area contributed by atoms with E-state index < -0.39 is 29.6 Å². The molecule has 1 aliphatic heterocycles. The Morgan fingerprint density at radius 3 is 2.24 bits per heavy atom. The van der Waals surface area contributed by atoms with Gasteiger partial charge in [0.1, 0.15) is 0 Å². The zero-order chi connectivity index (χ0) is 28.0. The molecule has 3 N–H and O–H groups in total. The maximum atomic E-state index is 13.1. The van der Waals surface area contributed by atoms with Crippen LogP contribution in [-0.2, 0) is 27.1 Å². The number of fused-ring (bicyclic) bond motifs is 1. The van der Waals surface area contributed by atoms with Gasteiger partial charge in [-0.15, -0.1) is 0 Å². The number of nitrogens with one attached hydrogen (secondary N) is 1. The molecule has 0 bridgehead atoms. The molecule has 12 heteroatoms. The first-order chi connectivity index (χ1) is 17.8. The smallest absolute Gasteiger partial charge is 0.418 e. The van der Waals surface area contributed by atoms with Crippen LogP contribution < -0.4 is 5.32 Å². The van der Waals surface area contributed by atoms with E-state index in [1.807, 2.05) is 11.2 Å². The fraction of sp³-hybridized carbons (Fsp3) is 0.385. The van der Waals surface area contributed by atoms with E-state index in [4.69, 9.17) is 19.8 Å². The van der Waals surface area contributed by atoms with Crippen molar-refractivity contribution in [3.8, 4) is 0 Å². The summed E-state index contributed by atoms with van der Waals surface area (Å²) in [5.41, 5.74) is 3.58. The Balaban J connectivity index is 0.000000599. The average Bonchev–Trinajstić information content (AvgIpc) is 3.21. The van der Waals surface area contributed by atoms with Crippen molar-refractivity contribution in [2.75, 3.05) is 25.0 Å². The number of aliphatic carboxylic acids is 2. The number of carbonyl (C=O) groups excluding carboxylic acids is 1. The number of likely N-dealkylation sites (tertiary alicyclic amines) is 1. The summed E-state index contributed by atoms with van der Waals surface area (Å²) in [6, 6.07) is 9.35. The van der Waals surface area contributed by atoms with Gasteiger partial charge in [-0.2, -0.15) is 13.2 Å². The number of amides is 1. The minimum atomic E-state index is -4.50. The van der Waals surface area contributed by atoms with Crippen molar-refractivity contribution < 1.29 is 37.8 Å². The van der Waals surface area contributed by atoms with Crippen molar-refractivity contribution in [2.24, 2.45) is 5.92 Å². The molecule has 1 aliphatic rings. The zero-order valence-corrected chi connectivity index (χ0v) is 21.0. The number of anilines is 1. The minimum absolute atomic E-state index is 0.0887. The summed E-state index contributed by atoms with van der Waals surface area (Å²) in [6.45, 7) is 6.63. The Morgan fingerprint density at radius 1 is 1.03 bits per heavy atom. The van der Waals surface area contributed by atoms with Crippen LogP contribution in [0.1, 0.15) is 29.5 Å². The van der Waals surface area contributed by atoms with Crippen LogP contribution in [0.3, 0.4) is 0 Å². The molecule has 0 saturated carbocycles. The molecule has 0 spiro atoms. The average molecular weight is 535 g/mol. The summed E-state index contributed by atoms with van der Waals surface area (Å²) < 4.78 is 41.6. The zero-order valence-electron chi connectivity index (χ0n) is 21.0. The van der Waals surface area contributed by atoms with Gasteiger partial charge in [-0.25, -0.2) is 14.6 Å². The molecule has 9 nitrogen and oxygen atoms in total. The number of hydrogen-bond acceptors (Lipinski definition) is 5. The van der Waals surface area contributed by atoms with Gasteiger partial charge in [0.2, 0.25) is 5.91 Å². The van der Waals surface area contributed by atoms with Crippen LogP contribution in [0.5, 0.6) is 0 Å². The molecule has 0 unspecified atom stereocenters. The number of aryl methyl sites for hydroxylation is 2. The standard InChI is InChI=1S/C24H27F3N4O.C2H2O4/c1-16-11-21-22(12-17(16)2)31(15-28-21)13-18-7-9-30(10-8-18)14-23(32)29-20-6-4-3-5-19(20)24(25,26)27;3-1(4)2(5)6/h3-6,11-12,15,18H,7-10,13-14H2,1-2H3,(H,29,32);(H,3,4)(H,5,6). The summed E-state index contributed by atoms with van der Waals surface area (Å²) >= 11 is 0. The monoisotopic (exact) mass is 534 g/mol. The summed E-state index contributed by atoms with van der Waals surface area (Å²) in [5, 5.41) is 17.2. The lowest BCUT2D eigenvalue weighted by molar-refractivity contribution is -0.159. The number of carboxylic acid groups (broad SMARTS) is 2. The van der Waals surface area contributed by atoms with Crippen molar-refractivity contribution in [1.82, 2.24) is 14.5 Å². The van der Waals surface area contributed by atoms with E-state index in [-0.39, 0.29) is 12.2 Å². The molecule has 1 saturated heterocycles. The van der Waals surface area contributed by atoms with Crippen LogP contribution in [0.15, 0.2) is 42.7 Å². The first-order valence-electron chi connectivity index (χ1n) is 11.9. The fourth-order valence-corrected chi connectivity index (χ4v) is 4.30. The second-order valence-electron chi connectivity index (χ2n) is 9.24. The molecule has 0 radical (unpaired) electrons. The van der Waals surface area contributed by atoms with E-state index in [2.05, 4.69) is 40.8 Å². The number of carboxylic acids is 2. The van der Waals surface area contributed by atoms with Gasteiger partial charge in [0.05, 0.1) is 35.2 Å². The highest BCUT2D eigenvalue weighted by molar-refractivity contribution is 6.27. The van der Waals surface area contributed by atoms with Crippen LogP contribution in [0.4, 0.5) is 18.9 Å². The van der Waals surface area contributed by atoms with Gasteiger partial charge in [0.15, 0.2) is 0 Å². The van der Waals surface area contributed by atoms with Gasteiger partial charge in [-0.05, 0) is 81.1 Å². The number of alkyl halides is 3. The number of aromatic nitrogens is 2. The van der Waals surface area contributed by atoms with Crippen molar-refractivity contribution in [3.63, 3.8) is 0 Å². The molecule has 1 fully saturated rings.